The highest BCUT2D eigenvalue weighted by Crippen LogP contribution is 2.25. The van der Waals surface area contributed by atoms with Crippen LogP contribution in [0.5, 0.6) is 0 Å². The Morgan fingerprint density at radius 1 is 1.23 bits per heavy atom. The molecular weight excluding hydrogens is 440 g/mol. The SMILES string of the molecule is CCCn1c(CNc2ccc(Cl)c(C(=O)OC)c2)nc2cc(S(=O)(=O)N(C)C)ccc21. The summed E-state index contributed by atoms with van der Waals surface area (Å²) in [5.74, 6) is 0.243. The van der Waals surface area contributed by atoms with Crippen LogP contribution in [0, 0.1) is 0 Å². The first-order chi connectivity index (χ1) is 14.7. The van der Waals surface area contributed by atoms with E-state index in [9.17, 15) is 13.2 Å². The summed E-state index contributed by atoms with van der Waals surface area (Å²) in [6.07, 6.45) is 0.893. The summed E-state index contributed by atoms with van der Waals surface area (Å²) in [6, 6.07) is 10.0. The van der Waals surface area contributed by atoms with Gasteiger partial charge < -0.3 is 14.6 Å². The van der Waals surface area contributed by atoms with E-state index >= 15 is 0 Å². The molecular formula is C21H25ClN4O4S. The maximum atomic E-state index is 12.5. The number of rotatable bonds is 8. The average molecular weight is 465 g/mol. The van der Waals surface area contributed by atoms with Crippen molar-refractivity contribution in [3.8, 4) is 0 Å². The topological polar surface area (TPSA) is 93.5 Å². The molecule has 10 heteroatoms. The molecule has 0 unspecified atom stereocenters. The summed E-state index contributed by atoms with van der Waals surface area (Å²) in [4.78, 5) is 16.7. The molecule has 3 aromatic rings. The Morgan fingerprint density at radius 3 is 2.61 bits per heavy atom. The van der Waals surface area contributed by atoms with Crippen LogP contribution in [-0.2, 0) is 27.8 Å². The highest BCUT2D eigenvalue weighted by molar-refractivity contribution is 7.89. The van der Waals surface area contributed by atoms with Gasteiger partial charge in [-0.15, -0.1) is 0 Å². The Bertz CT molecular complexity index is 1220. The molecule has 8 nitrogen and oxygen atoms in total. The second kappa shape index (κ2) is 9.25. The summed E-state index contributed by atoms with van der Waals surface area (Å²) < 4.78 is 32.9. The molecule has 0 aliphatic rings. The first-order valence-electron chi connectivity index (χ1n) is 9.72. The van der Waals surface area contributed by atoms with Crippen LogP contribution < -0.4 is 5.32 Å². The number of nitrogens with one attached hydrogen (secondary N) is 1. The van der Waals surface area contributed by atoms with Crippen molar-refractivity contribution in [2.45, 2.75) is 31.3 Å². The number of methoxy groups -OCH3 is 1. The lowest BCUT2D eigenvalue weighted by Crippen LogP contribution is -2.22. The Kier molecular flexibility index (Phi) is 6.88. The Morgan fingerprint density at radius 2 is 1.97 bits per heavy atom. The van der Waals surface area contributed by atoms with E-state index in [2.05, 4.69) is 21.8 Å². The smallest absolute Gasteiger partial charge is 0.339 e. The number of benzene rings is 2. The number of nitrogens with zero attached hydrogens (tertiary/aromatic N) is 3. The number of imidazole rings is 1. The molecule has 166 valence electrons. The first kappa shape index (κ1) is 23.1. The monoisotopic (exact) mass is 464 g/mol. The lowest BCUT2D eigenvalue weighted by atomic mass is 10.2. The second-order valence-corrected chi connectivity index (χ2v) is 9.72. The lowest BCUT2D eigenvalue weighted by Gasteiger charge is -2.12. The molecule has 0 bridgehead atoms. The van der Waals surface area contributed by atoms with Crippen LogP contribution in [0.15, 0.2) is 41.3 Å². The van der Waals surface area contributed by atoms with E-state index in [-0.39, 0.29) is 10.5 Å². The van der Waals surface area contributed by atoms with E-state index in [0.29, 0.717) is 22.8 Å². The molecule has 0 radical (unpaired) electrons. The highest BCUT2D eigenvalue weighted by atomic mass is 35.5. The fourth-order valence-corrected chi connectivity index (χ4v) is 4.34. The third kappa shape index (κ3) is 4.68. The van der Waals surface area contributed by atoms with Gasteiger partial charge in [0, 0.05) is 26.3 Å². The second-order valence-electron chi connectivity index (χ2n) is 7.16. The van der Waals surface area contributed by atoms with Gasteiger partial charge in [0.1, 0.15) is 5.82 Å². The van der Waals surface area contributed by atoms with Crippen LogP contribution in [0.4, 0.5) is 5.69 Å². The van der Waals surface area contributed by atoms with Gasteiger partial charge in [0.2, 0.25) is 10.0 Å². The van der Waals surface area contributed by atoms with E-state index in [0.717, 1.165) is 24.3 Å². The molecule has 0 aliphatic heterocycles. The lowest BCUT2D eigenvalue weighted by molar-refractivity contribution is 0.0601. The molecule has 2 aromatic carbocycles. The zero-order valence-corrected chi connectivity index (χ0v) is 19.4. The molecule has 0 atom stereocenters. The molecule has 0 saturated heterocycles. The van der Waals surface area contributed by atoms with E-state index in [4.69, 9.17) is 16.3 Å². The predicted octanol–water partition coefficient (Wildman–Crippen LogP) is 3.75. The van der Waals surface area contributed by atoms with Crippen molar-refractivity contribution in [1.82, 2.24) is 13.9 Å². The maximum absolute atomic E-state index is 12.5. The Balaban J connectivity index is 1.95. The van der Waals surface area contributed by atoms with Crippen molar-refractivity contribution in [2.75, 3.05) is 26.5 Å². The number of aromatic nitrogens is 2. The molecule has 0 fully saturated rings. The molecule has 0 spiro atoms. The number of fused-ring (bicyclic) bond motifs is 1. The number of anilines is 1. The number of ether oxygens (including phenoxy) is 1. The van der Waals surface area contributed by atoms with E-state index in [1.807, 2.05) is 0 Å². The Labute approximate surface area is 186 Å². The van der Waals surface area contributed by atoms with Crippen LogP contribution >= 0.6 is 11.6 Å². The number of hydrogen-bond acceptors (Lipinski definition) is 6. The quantitative estimate of drug-likeness (QED) is 0.510. The minimum absolute atomic E-state index is 0.200. The number of hydrogen-bond donors (Lipinski definition) is 1. The number of sulfonamides is 1. The van der Waals surface area contributed by atoms with E-state index < -0.39 is 16.0 Å². The van der Waals surface area contributed by atoms with Gasteiger partial charge in [-0.3, -0.25) is 0 Å². The van der Waals surface area contributed by atoms with Gasteiger partial charge in [-0.05, 0) is 42.8 Å². The van der Waals surface area contributed by atoms with Crippen molar-refractivity contribution in [1.29, 1.82) is 0 Å². The van der Waals surface area contributed by atoms with Crippen LogP contribution in [0.25, 0.3) is 11.0 Å². The molecule has 0 saturated carbocycles. The van der Waals surface area contributed by atoms with E-state index in [1.165, 1.54) is 25.5 Å². The number of aryl methyl sites for hydroxylation is 1. The van der Waals surface area contributed by atoms with Crippen molar-refractivity contribution < 1.29 is 17.9 Å². The van der Waals surface area contributed by atoms with Gasteiger partial charge in [-0.1, -0.05) is 18.5 Å². The zero-order valence-electron chi connectivity index (χ0n) is 17.8. The number of carbonyl (C=O) groups excluding carboxylic acids is 1. The summed E-state index contributed by atoms with van der Waals surface area (Å²) in [5.41, 5.74) is 2.44. The fourth-order valence-electron chi connectivity index (χ4n) is 3.22. The van der Waals surface area contributed by atoms with Crippen LogP contribution in [0.2, 0.25) is 5.02 Å². The third-order valence-corrected chi connectivity index (χ3v) is 6.99. The molecule has 1 N–H and O–H groups in total. The highest BCUT2D eigenvalue weighted by Gasteiger charge is 2.20. The summed E-state index contributed by atoms with van der Waals surface area (Å²) in [7, 11) is 0.754. The van der Waals surface area contributed by atoms with Crippen molar-refractivity contribution in [3.05, 3.63) is 52.8 Å². The van der Waals surface area contributed by atoms with Crippen molar-refractivity contribution in [2.24, 2.45) is 0 Å². The van der Waals surface area contributed by atoms with Crippen LogP contribution in [-0.4, -0.2) is 49.4 Å². The predicted molar refractivity (Wildman–Crippen MR) is 121 cm³/mol. The van der Waals surface area contributed by atoms with Crippen molar-refractivity contribution in [3.63, 3.8) is 0 Å². The average Bonchev–Trinajstić information content (AvgIpc) is 3.09. The minimum atomic E-state index is -3.55. The Hall–Kier alpha value is -2.62. The molecule has 1 aromatic heterocycles. The first-order valence-corrected chi connectivity index (χ1v) is 11.5. The van der Waals surface area contributed by atoms with Gasteiger partial charge in [0.15, 0.2) is 0 Å². The molecule has 3 rings (SSSR count). The normalized spacial score (nSPS) is 11.8. The minimum Gasteiger partial charge on any atom is -0.465 e. The van der Waals surface area contributed by atoms with Gasteiger partial charge in [0.25, 0.3) is 0 Å². The van der Waals surface area contributed by atoms with E-state index in [1.54, 1.807) is 36.4 Å². The van der Waals surface area contributed by atoms with Gasteiger partial charge in [-0.25, -0.2) is 22.5 Å². The fraction of sp³-hybridized carbons (Fsp3) is 0.333. The molecule has 0 aliphatic carbocycles. The summed E-state index contributed by atoms with van der Waals surface area (Å²) >= 11 is 6.08. The summed E-state index contributed by atoms with van der Waals surface area (Å²) in [5, 5.41) is 3.56. The van der Waals surface area contributed by atoms with Gasteiger partial charge >= 0.3 is 5.97 Å². The number of halogens is 1. The standard InChI is InChI=1S/C21H25ClN4O4S/c1-5-10-26-19-9-7-15(31(28,29)25(2)3)12-18(19)24-20(26)13-23-14-6-8-17(22)16(11-14)21(27)30-4/h6-9,11-12,23H,5,10,13H2,1-4H3. The molecule has 31 heavy (non-hydrogen) atoms. The van der Waals surface area contributed by atoms with Gasteiger partial charge in [0.05, 0.1) is 40.2 Å². The summed E-state index contributed by atoms with van der Waals surface area (Å²) in [6.45, 7) is 3.18. The number of esters is 1. The van der Waals surface area contributed by atoms with Crippen molar-refractivity contribution >= 4 is 44.3 Å². The third-order valence-electron chi connectivity index (χ3n) is 4.85. The van der Waals surface area contributed by atoms with Crippen LogP contribution in [0.1, 0.15) is 29.5 Å². The van der Waals surface area contributed by atoms with Gasteiger partial charge in [-0.2, -0.15) is 0 Å². The largest absolute Gasteiger partial charge is 0.465 e. The number of carbonyl (C=O) groups is 1. The molecule has 0 amide bonds. The van der Waals surface area contributed by atoms with Crippen LogP contribution in [0.3, 0.4) is 0 Å². The molecule has 1 heterocycles. The zero-order chi connectivity index (χ0) is 22.8. The maximum Gasteiger partial charge on any atom is 0.339 e.